The van der Waals surface area contributed by atoms with E-state index in [1.165, 1.54) is 0 Å². The molecule has 0 saturated carbocycles. The molecule has 23 heavy (non-hydrogen) atoms. The summed E-state index contributed by atoms with van der Waals surface area (Å²) in [5.41, 5.74) is 1.32. The lowest BCUT2D eigenvalue weighted by Crippen LogP contribution is -2.15. The second-order valence-electron chi connectivity index (χ2n) is 4.82. The zero-order chi connectivity index (χ0) is 16.4. The van der Waals surface area contributed by atoms with Crippen LogP contribution in [0.4, 0.5) is 5.69 Å². The lowest BCUT2D eigenvalue weighted by molar-refractivity contribution is -0.113. The Morgan fingerprint density at radius 2 is 1.87 bits per heavy atom. The summed E-state index contributed by atoms with van der Waals surface area (Å²) < 4.78 is 6.50. The van der Waals surface area contributed by atoms with Gasteiger partial charge in [-0.15, -0.1) is 11.6 Å². The average molecular weight is 393 g/mol. The van der Waals surface area contributed by atoms with Crippen LogP contribution in [0.3, 0.4) is 0 Å². The van der Waals surface area contributed by atoms with Crippen molar-refractivity contribution in [2.75, 3.05) is 11.2 Å². The Morgan fingerprint density at radius 1 is 1.13 bits per heavy atom. The number of hydrogen-bond acceptors (Lipinski definition) is 3. The van der Waals surface area contributed by atoms with Crippen molar-refractivity contribution in [3.05, 3.63) is 64.3 Å². The second-order valence-corrected chi connectivity index (χ2v) is 6.01. The molecule has 0 spiro atoms. The minimum absolute atomic E-state index is 0.0859. The number of nitrogens with one attached hydrogen (secondary N) is 1. The molecule has 1 amide bonds. The third-order valence-corrected chi connectivity index (χ3v) is 4.01. The molecule has 1 aromatic heterocycles. The predicted octanol–water partition coefficient (Wildman–Crippen LogP) is 4.60. The van der Waals surface area contributed by atoms with Crippen LogP contribution in [-0.2, 0) is 4.79 Å². The smallest absolute Gasteiger partial charge is 0.239 e. The molecule has 0 saturated heterocycles. The fourth-order valence-corrected chi connectivity index (χ4v) is 2.68. The third kappa shape index (κ3) is 3.16. The highest BCUT2D eigenvalue weighted by Gasteiger charge is 2.23. The van der Waals surface area contributed by atoms with Crippen molar-refractivity contribution < 1.29 is 14.0 Å². The Labute approximate surface area is 145 Å². The molecule has 0 aliphatic heterocycles. The summed E-state index contributed by atoms with van der Waals surface area (Å²) in [4.78, 5) is 24.4. The van der Waals surface area contributed by atoms with Gasteiger partial charge in [-0.05, 0) is 18.2 Å². The summed E-state index contributed by atoms with van der Waals surface area (Å²) >= 11 is 8.94. The maximum Gasteiger partial charge on any atom is 0.239 e. The molecule has 0 fully saturated rings. The van der Waals surface area contributed by atoms with Crippen LogP contribution in [0.5, 0.6) is 0 Å². The molecule has 1 N–H and O–H groups in total. The zero-order valence-electron chi connectivity index (χ0n) is 11.8. The highest BCUT2D eigenvalue weighted by Crippen LogP contribution is 2.34. The van der Waals surface area contributed by atoms with Crippen LogP contribution in [-0.4, -0.2) is 17.6 Å². The molecule has 4 nitrogen and oxygen atoms in total. The van der Waals surface area contributed by atoms with Crippen LogP contribution in [0.25, 0.3) is 11.0 Å². The fraction of sp³-hybridized carbons (Fsp3) is 0.0588. The maximum absolute atomic E-state index is 12.7. The van der Waals surface area contributed by atoms with Crippen LogP contribution >= 0.6 is 27.5 Å². The molecule has 116 valence electrons. The fourth-order valence-electron chi connectivity index (χ4n) is 2.25. The van der Waals surface area contributed by atoms with E-state index in [1.54, 1.807) is 42.5 Å². The van der Waals surface area contributed by atoms with Gasteiger partial charge in [-0.2, -0.15) is 0 Å². The van der Waals surface area contributed by atoms with Crippen LogP contribution in [0.2, 0.25) is 0 Å². The first-order valence-corrected chi connectivity index (χ1v) is 8.10. The van der Waals surface area contributed by atoms with Crippen molar-refractivity contribution in [2.24, 2.45) is 0 Å². The minimum atomic E-state index is -0.406. The Hall–Kier alpha value is -2.11. The Bertz CT molecular complexity index is 889. The van der Waals surface area contributed by atoms with Gasteiger partial charge in [0.1, 0.15) is 11.5 Å². The van der Waals surface area contributed by atoms with Crippen molar-refractivity contribution in [1.82, 2.24) is 0 Å². The van der Waals surface area contributed by atoms with E-state index >= 15 is 0 Å². The quantitative estimate of drug-likeness (QED) is 0.521. The maximum atomic E-state index is 12.7. The van der Waals surface area contributed by atoms with E-state index in [0.29, 0.717) is 22.2 Å². The van der Waals surface area contributed by atoms with E-state index in [2.05, 4.69) is 21.2 Å². The topological polar surface area (TPSA) is 59.3 Å². The molecule has 3 rings (SSSR count). The summed E-state index contributed by atoms with van der Waals surface area (Å²) in [5, 5.41) is 3.29. The van der Waals surface area contributed by atoms with Gasteiger partial charge in [-0.1, -0.05) is 46.3 Å². The van der Waals surface area contributed by atoms with Gasteiger partial charge in [0, 0.05) is 15.4 Å². The number of rotatable bonds is 4. The van der Waals surface area contributed by atoms with Gasteiger partial charge >= 0.3 is 0 Å². The summed E-state index contributed by atoms with van der Waals surface area (Å²) in [6.45, 7) is 0. The molecule has 0 aliphatic rings. The normalized spacial score (nSPS) is 10.7. The molecule has 0 unspecified atom stereocenters. The third-order valence-electron chi connectivity index (χ3n) is 3.28. The van der Waals surface area contributed by atoms with E-state index in [1.807, 2.05) is 6.07 Å². The molecule has 3 aromatic rings. The summed E-state index contributed by atoms with van der Waals surface area (Å²) in [6, 6.07) is 14.1. The number of benzene rings is 2. The van der Waals surface area contributed by atoms with Crippen molar-refractivity contribution in [3.8, 4) is 0 Å². The number of alkyl halides is 1. The molecule has 2 aromatic carbocycles. The van der Waals surface area contributed by atoms with Gasteiger partial charge < -0.3 is 9.73 Å². The number of carbonyl (C=O) groups excluding carboxylic acids is 2. The lowest BCUT2D eigenvalue weighted by atomic mass is 10.1. The van der Waals surface area contributed by atoms with Crippen LogP contribution in [0.1, 0.15) is 16.1 Å². The highest BCUT2D eigenvalue weighted by atomic mass is 79.9. The zero-order valence-corrected chi connectivity index (χ0v) is 14.1. The lowest BCUT2D eigenvalue weighted by Gasteiger charge is -2.04. The molecule has 0 radical (unpaired) electrons. The largest absolute Gasteiger partial charge is 0.450 e. The Kier molecular flexibility index (Phi) is 4.50. The molecule has 0 aliphatic carbocycles. The van der Waals surface area contributed by atoms with Gasteiger partial charge in [-0.3, -0.25) is 9.59 Å². The Balaban J connectivity index is 2.17. The molecular formula is C17H11BrClNO3. The average Bonchev–Trinajstić information content (AvgIpc) is 2.92. The van der Waals surface area contributed by atoms with Gasteiger partial charge in [0.25, 0.3) is 0 Å². The SMILES string of the molecule is O=C(CCl)Nc1c(C(=O)c2ccccc2)oc2ccc(Br)cc12. The van der Waals surface area contributed by atoms with Gasteiger partial charge in [-0.25, -0.2) is 0 Å². The first kappa shape index (κ1) is 15.8. The molecule has 1 heterocycles. The van der Waals surface area contributed by atoms with Gasteiger partial charge in [0.2, 0.25) is 11.7 Å². The standard InChI is InChI=1S/C17H11BrClNO3/c18-11-6-7-13-12(8-11)15(20-14(21)9-19)17(23-13)16(22)10-4-2-1-3-5-10/h1-8H,9H2,(H,20,21). The van der Waals surface area contributed by atoms with Crippen molar-refractivity contribution in [3.63, 3.8) is 0 Å². The Morgan fingerprint density at radius 3 is 2.57 bits per heavy atom. The van der Waals surface area contributed by atoms with E-state index in [-0.39, 0.29) is 17.4 Å². The first-order chi connectivity index (χ1) is 11.1. The minimum Gasteiger partial charge on any atom is -0.450 e. The number of hydrogen-bond donors (Lipinski definition) is 1. The van der Waals surface area contributed by atoms with E-state index in [0.717, 1.165) is 4.47 Å². The number of fused-ring (bicyclic) bond motifs is 1. The summed E-state index contributed by atoms with van der Waals surface area (Å²) in [7, 11) is 0. The number of furan rings is 1. The van der Waals surface area contributed by atoms with Crippen LogP contribution < -0.4 is 5.32 Å². The summed E-state index contributed by atoms with van der Waals surface area (Å²) in [5.74, 6) is -0.832. The van der Waals surface area contributed by atoms with E-state index in [4.69, 9.17) is 16.0 Å². The second kappa shape index (κ2) is 6.56. The number of ketones is 1. The molecular weight excluding hydrogens is 382 g/mol. The predicted molar refractivity (Wildman–Crippen MR) is 93.1 cm³/mol. The molecule has 0 atom stereocenters. The van der Waals surface area contributed by atoms with Crippen molar-refractivity contribution in [2.45, 2.75) is 0 Å². The monoisotopic (exact) mass is 391 g/mol. The van der Waals surface area contributed by atoms with Crippen LogP contribution in [0, 0.1) is 0 Å². The number of halogens is 2. The van der Waals surface area contributed by atoms with Crippen LogP contribution in [0.15, 0.2) is 57.4 Å². The number of amides is 1. The van der Waals surface area contributed by atoms with E-state index < -0.39 is 5.91 Å². The van der Waals surface area contributed by atoms with Gasteiger partial charge in [0.05, 0.1) is 5.69 Å². The first-order valence-electron chi connectivity index (χ1n) is 6.78. The van der Waals surface area contributed by atoms with Crippen molar-refractivity contribution in [1.29, 1.82) is 0 Å². The number of anilines is 1. The van der Waals surface area contributed by atoms with Crippen molar-refractivity contribution >= 4 is 55.9 Å². The molecule has 6 heteroatoms. The van der Waals surface area contributed by atoms with E-state index in [9.17, 15) is 9.59 Å². The highest BCUT2D eigenvalue weighted by molar-refractivity contribution is 9.10. The summed E-state index contributed by atoms with van der Waals surface area (Å²) in [6.07, 6.45) is 0. The number of carbonyl (C=O) groups is 2. The molecule has 0 bridgehead atoms. The van der Waals surface area contributed by atoms with Gasteiger partial charge in [0.15, 0.2) is 5.76 Å².